The Hall–Kier alpha value is -2.92. The van der Waals surface area contributed by atoms with E-state index in [1.807, 2.05) is 51.1 Å². The van der Waals surface area contributed by atoms with Crippen LogP contribution in [0.5, 0.6) is 0 Å². The molecule has 0 saturated carbocycles. The number of imide groups is 1. The third-order valence-electron chi connectivity index (χ3n) is 6.55. The van der Waals surface area contributed by atoms with Crippen molar-refractivity contribution in [3.8, 4) is 0 Å². The van der Waals surface area contributed by atoms with E-state index in [0.717, 1.165) is 43.5 Å². The zero-order chi connectivity index (χ0) is 23.4. The van der Waals surface area contributed by atoms with Crippen LogP contribution in [0.25, 0.3) is 5.57 Å². The van der Waals surface area contributed by atoms with Gasteiger partial charge in [-0.2, -0.15) is 0 Å². The molecule has 2 aromatic rings. The van der Waals surface area contributed by atoms with Crippen LogP contribution < -0.4 is 0 Å². The van der Waals surface area contributed by atoms with E-state index in [2.05, 4.69) is 29.2 Å². The number of benzene rings is 2. The number of amides is 2. The van der Waals surface area contributed by atoms with Crippen LogP contribution in [0.15, 0.2) is 60.3 Å². The molecule has 33 heavy (non-hydrogen) atoms. The monoisotopic (exact) mass is 446 g/mol. The molecule has 5 heteroatoms. The molecule has 0 N–H and O–H groups in total. The van der Waals surface area contributed by atoms with Crippen molar-refractivity contribution in [1.29, 1.82) is 0 Å². The minimum atomic E-state index is -0.211. The molecule has 5 nitrogen and oxygen atoms in total. The number of carbonyl (C=O) groups is 2. The maximum atomic E-state index is 13.5. The molecule has 0 unspecified atom stereocenters. The van der Waals surface area contributed by atoms with Crippen LogP contribution in [0.1, 0.15) is 43.4 Å². The molecule has 1 fully saturated rings. The largest absolute Gasteiger partial charge is 0.377 e. The topological polar surface area (TPSA) is 49.9 Å². The number of aryl methyl sites for hydroxylation is 1. The van der Waals surface area contributed by atoms with Crippen molar-refractivity contribution >= 4 is 17.4 Å². The summed E-state index contributed by atoms with van der Waals surface area (Å²) >= 11 is 0. The number of rotatable bonds is 8. The van der Waals surface area contributed by atoms with Gasteiger partial charge in [0, 0.05) is 13.1 Å². The number of hydrogen-bond donors (Lipinski definition) is 0. The fourth-order valence-electron chi connectivity index (χ4n) is 4.73. The highest BCUT2D eigenvalue weighted by molar-refractivity contribution is 6.35. The third kappa shape index (κ3) is 5.36. The summed E-state index contributed by atoms with van der Waals surface area (Å²) in [7, 11) is 0. The molecule has 174 valence electrons. The molecule has 0 atom stereocenters. The van der Waals surface area contributed by atoms with Gasteiger partial charge in [-0.3, -0.25) is 14.5 Å². The molecular weight excluding hydrogens is 412 g/mol. The van der Waals surface area contributed by atoms with Gasteiger partial charge in [-0.25, -0.2) is 0 Å². The number of hydrogen-bond acceptors (Lipinski definition) is 4. The normalized spacial score (nSPS) is 17.6. The van der Waals surface area contributed by atoms with Crippen LogP contribution in [0.3, 0.4) is 0 Å². The highest BCUT2D eigenvalue weighted by Crippen LogP contribution is 2.34. The Morgan fingerprint density at radius 1 is 0.939 bits per heavy atom. The Morgan fingerprint density at radius 2 is 1.61 bits per heavy atom. The van der Waals surface area contributed by atoms with Crippen molar-refractivity contribution in [2.45, 2.75) is 46.1 Å². The van der Waals surface area contributed by atoms with Crippen LogP contribution in [-0.2, 0) is 20.7 Å². The Kier molecular flexibility index (Phi) is 7.29. The average molecular weight is 447 g/mol. The third-order valence-corrected chi connectivity index (χ3v) is 6.55. The van der Waals surface area contributed by atoms with Crippen molar-refractivity contribution < 1.29 is 14.3 Å². The second-order valence-electron chi connectivity index (χ2n) is 9.39. The van der Waals surface area contributed by atoms with Gasteiger partial charge in [0.2, 0.25) is 0 Å². The first-order valence-electron chi connectivity index (χ1n) is 12.0. The van der Waals surface area contributed by atoms with Crippen LogP contribution in [-0.4, -0.2) is 54.0 Å². The van der Waals surface area contributed by atoms with E-state index in [9.17, 15) is 9.59 Å². The fraction of sp³-hybridized carbons (Fsp3) is 0.429. The maximum Gasteiger partial charge on any atom is 0.277 e. The van der Waals surface area contributed by atoms with E-state index >= 15 is 0 Å². The van der Waals surface area contributed by atoms with Gasteiger partial charge in [0.05, 0.1) is 24.8 Å². The first-order valence-corrected chi connectivity index (χ1v) is 12.0. The highest BCUT2D eigenvalue weighted by atomic mass is 16.5. The summed E-state index contributed by atoms with van der Waals surface area (Å²) in [5.74, 6) is 0.192. The molecule has 0 aromatic heterocycles. The van der Waals surface area contributed by atoms with E-state index in [0.29, 0.717) is 23.8 Å². The van der Waals surface area contributed by atoms with Gasteiger partial charge in [-0.15, -0.1) is 0 Å². The van der Waals surface area contributed by atoms with Gasteiger partial charge >= 0.3 is 0 Å². The summed E-state index contributed by atoms with van der Waals surface area (Å²) in [5.41, 5.74) is 4.39. The first-order chi connectivity index (χ1) is 15.9. The van der Waals surface area contributed by atoms with E-state index in [-0.39, 0.29) is 24.5 Å². The molecular formula is C28H34N2O3. The zero-order valence-corrected chi connectivity index (χ0v) is 19.9. The smallest absolute Gasteiger partial charge is 0.277 e. The lowest BCUT2D eigenvalue weighted by molar-refractivity contribution is -0.138. The Morgan fingerprint density at radius 3 is 2.24 bits per heavy atom. The minimum absolute atomic E-state index is 0.0606. The van der Waals surface area contributed by atoms with Gasteiger partial charge in [0.1, 0.15) is 5.70 Å². The van der Waals surface area contributed by atoms with Gasteiger partial charge in [-0.05, 0) is 57.1 Å². The molecule has 0 aliphatic carbocycles. The molecule has 0 radical (unpaired) electrons. The summed E-state index contributed by atoms with van der Waals surface area (Å²) in [4.78, 5) is 30.4. The number of ether oxygens (including phenoxy) is 1. The molecule has 2 aliphatic rings. The van der Waals surface area contributed by atoms with E-state index in [4.69, 9.17) is 4.74 Å². The quantitative estimate of drug-likeness (QED) is 0.562. The summed E-state index contributed by atoms with van der Waals surface area (Å²) in [5, 5.41) is 0. The van der Waals surface area contributed by atoms with Gasteiger partial charge in [0.15, 0.2) is 0 Å². The van der Waals surface area contributed by atoms with Crippen molar-refractivity contribution in [1.82, 2.24) is 9.80 Å². The standard InChI is InChI=1S/C28H34N2O3/c1-20(2)33-18-17-30-27(31)25(24-11-9-21(3)10-12-24)26(28(30)32)29-15-13-23(14-16-29)19-22-7-5-4-6-8-22/h4-12,20,23H,13-19H2,1-3H3. The van der Waals surface area contributed by atoms with Crippen molar-refractivity contribution in [3.63, 3.8) is 0 Å². The Bertz CT molecular complexity index is 1000. The highest BCUT2D eigenvalue weighted by Gasteiger charge is 2.42. The fourth-order valence-corrected chi connectivity index (χ4v) is 4.73. The van der Waals surface area contributed by atoms with E-state index in [1.54, 1.807) is 0 Å². The summed E-state index contributed by atoms with van der Waals surface area (Å²) < 4.78 is 5.63. The minimum Gasteiger partial charge on any atom is -0.377 e. The summed E-state index contributed by atoms with van der Waals surface area (Å²) in [6, 6.07) is 18.5. The van der Waals surface area contributed by atoms with Crippen LogP contribution in [0, 0.1) is 12.8 Å². The second-order valence-corrected chi connectivity index (χ2v) is 9.39. The predicted molar refractivity (Wildman–Crippen MR) is 130 cm³/mol. The van der Waals surface area contributed by atoms with Crippen molar-refractivity contribution in [3.05, 3.63) is 77.0 Å². The lowest BCUT2D eigenvalue weighted by Gasteiger charge is -2.34. The molecule has 0 bridgehead atoms. The van der Waals surface area contributed by atoms with Crippen molar-refractivity contribution in [2.75, 3.05) is 26.2 Å². The predicted octanol–water partition coefficient (Wildman–Crippen LogP) is 4.45. The molecule has 2 aromatic carbocycles. The summed E-state index contributed by atoms with van der Waals surface area (Å²) in [6.45, 7) is 8.13. The maximum absolute atomic E-state index is 13.5. The molecule has 2 amide bonds. The number of likely N-dealkylation sites (tertiary alicyclic amines) is 1. The molecule has 1 saturated heterocycles. The van der Waals surface area contributed by atoms with Crippen LogP contribution in [0.4, 0.5) is 0 Å². The Labute approximate surface area is 197 Å². The molecule has 0 spiro atoms. The second kappa shape index (κ2) is 10.3. The molecule has 4 rings (SSSR count). The number of nitrogens with zero attached hydrogens (tertiary/aromatic N) is 2. The van der Waals surface area contributed by atoms with E-state index in [1.165, 1.54) is 10.5 Å². The SMILES string of the molecule is Cc1ccc(C2=C(N3CCC(Cc4ccccc4)CC3)C(=O)N(CCOC(C)C)C2=O)cc1. The van der Waals surface area contributed by atoms with Gasteiger partial charge in [0.25, 0.3) is 11.8 Å². The molecule has 2 heterocycles. The molecule has 2 aliphatic heterocycles. The van der Waals surface area contributed by atoms with Crippen LogP contribution >= 0.6 is 0 Å². The first kappa shape index (κ1) is 23.2. The summed E-state index contributed by atoms with van der Waals surface area (Å²) in [6.07, 6.45) is 3.14. The van der Waals surface area contributed by atoms with E-state index < -0.39 is 0 Å². The lowest BCUT2D eigenvalue weighted by Crippen LogP contribution is -2.40. The van der Waals surface area contributed by atoms with Crippen molar-refractivity contribution in [2.24, 2.45) is 5.92 Å². The number of carbonyl (C=O) groups excluding carboxylic acids is 2. The van der Waals surface area contributed by atoms with Gasteiger partial charge < -0.3 is 9.64 Å². The number of piperidine rings is 1. The zero-order valence-electron chi connectivity index (χ0n) is 19.9. The van der Waals surface area contributed by atoms with Gasteiger partial charge in [-0.1, -0.05) is 60.2 Å². The van der Waals surface area contributed by atoms with Crippen LogP contribution in [0.2, 0.25) is 0 Å². The lowest BCUT2D eigenvalue weighted by atomic mass is 9.89. The average Bonchev–Trinajstić information content (AvgIpc) is 3.05. The Balaban J connectivity index is 1.54.